The molecule has 0 aliphatic carbocycles. The molecule has 0 spiro atoms. The molecule has 80 heavy (non-hydrogen) atoms. The van der Waals surface area contributed by atoms with Crippen LogP contribution < -0.4 is 36.6 Å². The Kier molecular flexibility index (Phi) is 45.5. The summed E-state index contributed by atoms with van der Waals surface area (Å²) >= 11 is 2.82. The van der Waals surface area contributed by atoms with Gasteiger partial charge in [0.1, 0.15) is 36.8 Å². The summed E-state index contributed by atoms with van der Waals surface area (Å²) in [5, 5.41) is 25.6. The van der Waals surface area contributed by atoms with Crippen molar-refractivity contribution in [3.8, 4) is 0 Å². The molecule has 0 aromatic heterocycles. The zero-order valence-corrected chi connectivity index (χ0v) is 52.2. The number of aliphatic hydroxyl groups excluding tert-OH is 1. The molecule has 8 N–H and O–H groups in total. The molecular formula is C58H103N7O12S3. The molecule has 0 bridgehead atoms. The van der Waals surface area contributed by atoms with Gasteiger partial charge in [-0.3, -0.25) is 24.0 Å². The number of methoxy groups -OCH3 is 1. The van der Waals surface area contributed by atoms with Crippen LogP contribution in [0.3, 0.4) is 0 Å². The number of allylic oxidation sites excluding steroid dienone is 5. The molecule has 0 unspecified atom stereocenters. The van der Waals surface area contributed by atoms with Crippen LogP contribution in [0.25, 0.3) is 0 Å². The highest BCUT2D eigenvalue weighted by Gasteiger charge is 2.33. The number of esters is 1. The van der Waals surface area contributed by atoms with Crippen LogP contribution in [0.15, 0.2) is 47.6 Å². The second-order valence-electron chi connectivity index (χ2n) is 20.6. The minimum absolute atomic E-state index is 0.00111. The lowest BCUT2D eigenvalue weighted by atomic mass is 10.0. The minimum Gasteiger partial charge on any atom is -0.467 e. The van der Waals surface area contributed by atoms with Crippen molar-refractivity contribution < 1.29 is 56.6 Å². The van der Waals surface area contributed by atoms with Crippen LogP contribution in [0.2, 0.25) is 0 Å². The molecule has 460 valence electrons. The predicted molar refractivity (Wildman–Crippen MR) is 326 cm³/mol. The third kappa shape index (κ3) is 40.7. The summed E-state index contributed by atoms with van der Waals surface area (Å²) in [7, 11) is -2.82. The third-order valence-electron chi connectivity index (χ3n) is 12.9. The molecule has 0 saturated carbocycles. The molecule has 0 aromatic carbocycles. The molecule has 5 atom stereocenters. The molecule has 0 saturated heterocycles. The van der Waals surface area contributed by atoms with E-state index in [-0.39, 0.29) is 43.9 Å². The maximum absolute atomic E-state index is 14.4. The number of thioether (sulfide) groups is 2. The van der Waals surface area contributed by atoms with Crippen LogP contribution in [-0.2, 0) is 48.3 Å². The number of sulfonamides is 1. The first-order chi connectivity index (χ1) is 38.2. The van der Waals surface area contributed by atoms with Gasteiger partial charge in [0.05, 0.1) is 19.5 Å². The molecule has 19 nitrogen and oxygen atoms in total. The first-order valence-electron chi connectivity index (χ1n) is 28.9. The maximum atomic E-state index is 14.4. The molecule has 0 aromatic rings. The highest BCUT2D eigenvalue weighted by molar-refractivity contribution is 7.99. The molecule has 0 radical (unpaired) electrons. The van der Waals surface area contributed by atoms with Gasteiger partial charge >= 0.3 is 12.1 Å². The van der Waals surface area contributed by atoms with E-state index in [2.05, 4.69) is 89.1 Å². The van der Waals surface area contributed by atoms with E-state index < -0.39 is 95.0 Å². The summed E-state index contributed by atoms with van der Waals surface area (Å²) < 4.78 is 39.3. The van der Waals surface area contributed by atoms with Gasteiger partial charge in [-0.15, -0.1) is 0 Å². The quantitative estimate of drug-likeness (QED) is 0.0163. The van der Waals surface area contributed by atoms with Gasteiger partial charge in [-0.1, -0.05) is 138 Å². The topological polar surface area (TPSA) is 277 Å². The fourth-order valence-electron chi connectivity index (χ4n) is 8.17. The Morgan fingerprint density at radius 2 is 1.14 bits per heavy atom. The van der Waals surface area contributed by atoms with Gasteiger partial charge < -0.3 is 46.5 Å². The van der Waals surface area contributed by atoms with Gasteiger partial charge in [-0.2, -0.15) is 23.5 Å². The van der Waals surface area contributed by atoms with E-state index in [4.69, 9.17) is 9.47 Å². The van der Waals surface area contributed by atoms with Gasteiger partial charge in [-0.05, 0) is 97.5 Å². The van der Waals surface area contributed by atoms with Gasteiger partial charge in [0.25, 0.3) is 0 Å². The SMILES string of the molecule is C=CCOC(=O)NCCCC[C@H](NC(=O)[C@H](CNS(=O)(=O)CCCCCCCCCCCCCCCC)NC(=O)[C@H](CO)NC(=O)[C@H](CCSC)NC(C)=O)C(=O)N[C@@H](CSC/C=C(\C)CC/C=C(\C)CCC=C(C)C)C(=O)OC. The van der Waals surface area contributed by atoms with Crippen molar-refractivity contribution in [2.75, 3.05) is 62.7 Å². The number of aliphatic hydroxyl groups is 1. The van der Waals surface area contributed by atoms with Crippen molar-refractivity contribution in [1.29, 1.82) is 0 Å². The lowest BCUT2D eigenvalue weighted by Gasteiger charge is -2.26. The second kappa shape index (κ2) is 48.2. The van der Waals surface area contributed by atoms with Crippen molar-refractivity contribution in [1.82, 2.24) is 36.6 Å². The normalized spacial score (nSPS) is 13.6. The number of rotatable bonds is 49. The van der Waals surface area contributed by atoms with Crippen molar-refractivity contribution in [3.05, 3.63) is 47.6 Å². The summed E-state index contributed by atoms with van der Waals surface area (Å²) in [5.74, 6) is -3.92. The van der Waals surface area contributed by atoms with Crippen LogP contribution in [0.4, 0.5) is 4.79 Å². The second-order valence-corrected chi connectivity index (χ2v) is 24.5. The number of carbonyl (C=O) groups is 7. The number of amides is 6. The van der Waals surface area contributed by atoms with Gasteiger partial charge in [-0.25, -0.2) is 22.7 Å². The largest absolute Gasteiger partial charge is 0.467 e. The number of hydrogen-bond donors (Lipinski definition) is 8. The van der Waals surface area contributed by atoms with Crippen LogP contribution in [0, 0.1) is 0 Å². The molecule has 0 rings (SSSR count). The predicted octanol–water partition coefficient (Wildman–Crippen LogP) is 7.98. The molecular weight excluding hydrogens is 1080 g/mol. The molecule has 0 fully saturated rings. The van der Waals surface area contributed by atoms with Gasteiger partial charge in [0.2, 0.25) is 39.6 Å². The summed E-state index contributed by atoms with van der Waals surface area (Å²) in [5.41, 5.74) is 3.80. The van der Waals surface area contributed by atoms with Crippen LogP contribution in [0.1, 0.15) is 183 Å². The Morgan fingerprint density at radius 1 is 0.625 bits per heavy atom. The highest BCUT2D eigenvalue weighted by atomic mass is 32.2. The summed E-state index contributed by atoms with van der Waals surface area (Å²) in [6.45, 7) is 13.9. The summed E-state index contributed by atoms with van der Waals surface area (Å²) in [6.07, 6.45) is 28.8. The Balaban J connectivity index is 6.40. The van der Waals surface area contributed by atoms with E-state index >= 15 is 0 Å². The van der Waals surface area contributed by atoms with Crippen LogP contribution in [-0.4, -0.2) is 148 Å². The zero-order chi connectivity index (χ0) is 60.0. The Hall–Kier alpha value is -4.38. The Morgan fingerprint density at radius 3 is 1.69 bits per heavy atom. The minimum atomic E-state index is -4.01. The fourth-order valence-corrected chi connectivity index (χ4v) is 10.8. The average Bonchev–Trinajstić information content (AvgIpc) is 3.41. The first-order valence-corrected chi connectivity index (χ1v) is 33.1. The number of carbonyl (C=O) groups excluding carboxylic acids is 7. The van der Waals surface area contributed by atoms with E-state index in [1.165, 1.54) is 112 Å². The number of hydrogen-bond acceptors (Lipinski definition) is 14. The number of ether oxygens (including phenoxy) is 2. The van der Waals surface area contributed by atoms with E-state index in [1.54, 1.807) is 0 Å². The third-order valence-corrected chi connectivity index (χ3v) is 16.0. The molecule has 0 aliphatic heterocycles. The fraction of sp³-hybridized carbons (Fsp3) is 0.741. The summed E-state index contributed by atoms with van der Waals surface area (Å²) in [6, 6.07) is -6.87. The van der Waals surface area contributed by atoms with E-state index in [1.807, 2.05) is 13.2 Å². The monoisotopic (exact) mass is 1190 g/mol. The maximum Gasteiger partial charge on any atom is 0.407 e. The molecule has 6 amide bonds. The summed E-state index contributed by atoms with van der Waals surface area (Å²) in [4.78, 5) is 92.8. The van der Waals surface area contributed by atoms with Crippen LogP contribution in [0.5, 0.6) is 0 Å². The first kappa shape index (κ1) is 75.6. The van der Waals surface area contributed by atoms with Crippen molar-refractivity contribution >= 4 is 75.1 Å². The number of alkyl carbamates (subject to hydrolysis) is 1. The molecule has 0 aliphatic rings. The van der Waals surface area contributed by atoms with Crippen molar-refractivity contribution in [3.63, 3.8) is 0 Å². The Labute approximate surface area is 489 Å². The van der Waals surface area contributed by atoms with E-state index in [9.17, 15) is 47.1 Å². The van der Waals surface area contributed by atoms with Crippen LogP contribution >= 0.6 is 23.5 Å². The van der Waals surface area contributed by atoms with Gasteiger partial charge in [0, 0.05) is 31.5 Å². The number of nitrogens with one attached hydrogen (secondary N) is 7. The van der Waals surface area contributed by atoms with E-state index in [0.29, 0.717) is 30.8 Å². The zero-order valence-electron chi connectivity index (χ0n) is 49.8. The standard InChI is InChI=1S/C58H103N7O12S3/c1-10-12-13-14-15-16-17-18-19-20-21-22-23-26-40-80(74,75)60-41-50(63-56(71)51(42-66)64-54(69)49(35-38-78-9)61-47(7)67)55(70)62-48(33-24-25-36-59-58(73)77-37-11-2)53(68)65-52(57(72)76-8)43-79-39-34-46(6)32-28-31-45(5)30-27-29-44(3)4/h11,29,31,34,48-52,60,66H,2,10,12-28,30,32-33,35-43H2,1,3-9H3,(H,59,73)(H,61,67)(H,62,70)(H,63,71)(H,64,69)(H,65,68)/b45-31+,46-34+/t48-,49-,50-,51-,52-/m0/s1. The molecule has 0 heterocycles. The van der Waals surface area contributed by atoms with Crippen molar-refractivity contribution in [2.24, 2.45) is 0 Å². The smallest absolute Gasteiger partial charge is 0.407 e. The highest BCUT2D eigenvalue weighted by Crippen LogP contribution is 2.16. The lowest BCUT2D eigenvalue weighted by Crippen LogP contribution is -2.61. The van der Waals surface area contributed by atoms with Crippen molar-refractivity contribution in [2.45, 2.75) is 213 Å². The average molecular weight is 1190 g/mol. The molecule has 22 heteroatoms. The Bertz CT molecular complexity index is 2020. The lowest BCUT2D eigenvalue weighted by molar-refractivity contribution is -0.144. The van der Waals surface area contributed by atoms with E-state index in [0.717, 1.165) is 51.4 Å². The number of unbranched alkanes of at least 4 members (excludes halogenated alkanes) is 14. The van der Waals surface area contributed by atoms with Gasteiger partial charge in [0.15, 0.2) is 0 Å².